The normalized spacial score (nSPS) is 12.8. The van der Waals surface area contributed by atoms with Crippen molar-refractivity contribution >= 4 is 15.9 Å². The van der Waals surface area contributed by atoms with Crippen LogP contribution in [-0.2, 0) is 0 Å². The van der Waals surface area contributed by atoms with Crippen LogP contribution in [0, 0.1) is 12.7 Å². The Hall–Kier alpha value is -1.13. The molecule has 0 bridgehead atoms. The largest absolute Gasteiger partial charge is 0.465 e. The molecule has 1 aromatic carbocycles. The molecular weight excluding hydrogens is 275 g/mol. The van der Waals surface area contributed by atoms with E-state index < -0.39 is 11.9 Å². The van der Waals surface area contributed by atoms with Crippen LogP contribution >= 0.6 is 15.9 Å². The molecule has 2 rings (SSSR count). The minimum Gasteiger partial charge on any atom is -0.465 e. The third-order valence-electron chi connectivity index (χ3n) is 2.34. The van der Waals surface area contributed by atoms with Gasteiger partial charge in [-0.05, 0) is 35.0 Å². The summed E-state index contributed by atoms with van der Waals surface area (Å²) >= 11 is 3.23. The molecule has 1 heterocycles. The van der Waals surface area contributed by atoms with Gasteiger partial charge in [-0.3, -0.25) is 0 Å². The molecule has 1 unspecified atom stereocenters. The van der Waals surface area contributed by atoms with Gasteiger partial charge < -0.3 is 9.52 Å². The van der Waals surface area contributed by atoms with E-state index in [9.17, 15) is 9.50 Å². The van der Waals surface area contributed by atoms with Crippen LogP contribution in [-0.4, -0.2) is 5.11 Å². The fourth-order valence-electron chi connectivity index (χ4n) is 1.51. The maximum absolute atomic E-state index is 13.5. The lowest BCUT2D eigenvalue weighted by molar-refractivity contribution is 0.183. The number of aliphatic hydroxyl groups is 1. The number of aryl methyl sites for hydroxylation is 1. The lowest BCUT2D eigenvalue weighted by atomic mass is 10.0. The second-order valence-corrected chi connectivity index (χ2v) is 4.41. The van der Waals surface area contributed by atoms with Gasteiger partial charge in [0.15, 0.2) is 5.76 Å². The predicted octanol–water partition coefficient (Wildman–Crippen LogP) is 3.57. The van der Waals surface area contributed by atoms with E-state index in [2.05, 4.69) is 15.9 Å². The monoisotopic (exact) mass is 284 g/mol. The lowest BCUT2D eigenvalue weighted by Crippen LogP contribution is -2.02. The summed E-state index contributed by atoms with van der Waals surface area (Å²) in [4.78, 5) is 0. The van der Waals surface area contributed by atoms with Crippen LogP contribution in [0.2, 0.25) is 0 Å². The average molecular weight is 285 g/mol. The number of halogens is 2. The van der Waals surface area contributed by atoms with Gasteiger partial charge in [0.2, 0.25) is 0 Å². The number of rotatable bonds is 2. The molecule has 84 valence electrons. The molecule has 0 saturated heterocycles. The zero-order valence-corrected chi connectivity index (χ0v) is 10.2. The quantitative estimate of drug-likeness (QED) is 0.915. The predicted molar refractivity (Wildman–Crippen MR) is 61.6 cm³/mol. The van der Waals surface area contributed by atoms with Gasteiger partial charge in [0.25, 0.3) is 0 Å². The number of aliphatic hydroxyl groups excluding tert-OH is 1. The molecule has 0 aliphatic rings. The molecule has 0 aliphatic carbocycles. The topological polar surface area (TPSA) is 33.4 Å². The molecule has 4 heteroatoms. The first-order chi connectivity index (χ1) is 7.59. The van der Waals surface area contributed by atoms with Crippen LogP contribution < -0.4 is 0 Å². The van der Waals surface area contributed by atoms with Gasteiger partial charge in [0.1, 0.15) is 11.9 Å². The van der Waals surface area contributed by atoms with Crippen molar-refractivity contribution in [3.63, 3.8) is 0 Å². The average Bonchev–Trinajstić information content (AvgIpc) is 2.67. The molecule has 2 aromatic rings. The molecule has 0 saturated carbocycles. The number of hydrogen-bond acceptors (Lipinski definition) is 2. The second kappa shape index (κ2) is 4.39. The Morgan fingerprint density at radius 3 is 2.75 bits per heavy atom. The molecule has 0 spiro atoms. The van der Waals surface area contributed by atoms with Gasteiger partial charge in [0, 0.05) is 5.56 Å². The minimum absolute atomic E-state index is 0.218. The first-order valence-electron chi connectivity index (χ1n) is 4.76. The van der Waals surface area contributed by atoms with E-state index in [1.54, 1.807) is 18.2 Å². The Bertz CT molecular complexity index is 507. The molecule has 0 amide bonds. The van der Waals surface area contributed by atoms with Gasteiger partial charge >= 0.3 is 0 Å². The van der Waals surface area contributed by atoms with Crippen molar-refractivity contribution in [1.82, 2.24) is 0 Å². The Morgan fingerprint density at radius 1 is 1.38 bits per heavy atom. The van der Waals surface area contributed by atoms with Crippen LogP contribution in [0.1, 0.15) is 23.0 Å². The van der Waals surface area contributed by atoms with Crippen LogP contribution in [0.3, 0.4) is 0 Å². The van der Waals surface area contributed by atoms with Crippen molar-refractivity contribution in [3.8, 4) is 0 Å². The SMILES string of the molecule is Cc1ccc(F)c(C(O)c2occc2Br)c1. The number of furan rings is 1. The Labute approximate surface area is 101 Å². The zero-order valence-electron chi connectivity index (χ0n) is 8.58. The van der Waals surface area contributed by atoms with Crippen molar-refractivity contribution in [2.24, 2.45) is 0 Å². The smallest absolute Gasteiger partial charge is 0.151 e. The maximum atomic E-state index is 13.5. The van der Waals surface area contributed by atoms with E-state index in [0.29, 0.717) is 10.2 Å². The molecule has 1 atom stereocenters. The van der Waals surface area contributed by atoms with Crippen LogP contribution in [0.5, 0.6) is 0 Å². The summed E-state index contributed by atoms with van der Waals surface area (Å²) in [6.45, 7) is 1.84. The second-order valence-electron chi connectivity index (χ2n) is 3.56. The zero-order chi connectivity index (χ0) is 11.7. The molecule has 0 fully saturated rings. The van der Waals surface area contributed by atoms with Crippen LogP contribution in [0.25, 0.3) is 0 Å². The Balaban J connectivity index is 2.45. The first kappa shape index (κ1) is 11.4. The van der Waals surface area contributed by atoms with Crippen LogP contribution in [0.4, 0.5) is 4.39 Å². The van der Waals surface area contributed by atoms with Crippen molar-refractivity contribution in [3.05, 3.63) is 57.7 Å². The lowest BCUT2D eigenvalue weighted by Gasteiger charge is -2.10. The fourth-order valence-corrected chi connectivity index (χ4v) is 1.93. The highest BCUT2D eigenvalue weighted by Gasteiger charge is 2.20. The summed E-state index contributed by atoms with van der Waals surface area (Å²) in [5.41, 5.74) is 1.11. The van der Waals surface area contributed by atoms with E-state index in [0.717, 1.165) is 5.56 Å². The summed E-state index contributed by atoms with van der Waals surface area (Å²) in [5, 5.41) is 10.0. The molecular formula is C12H10BrFO2. The summed E-state index contributed by atoms with van der Waals surface area (Å²) in [7, 11) is 0. The molecule has 1 N–H and O–H groups in total. The van der Waals surface area contributed by atoms with E-state index in [4.69, 9.17) is 4.42 Å². The molecule has 0 radical (unpaired) electrons. The van der Waals surface area contributed by atoms with E-state index in [1.165, 1.54) is 12.3 Å². The van der Waals surface area contributed by atoms with E-state index >= 15 is 0 Å². The van der Waals surface area contributed by atoms with Gasteiger partial charge in [0.05, 0.1) is 10.7 Å². The van der Waals surface area contributed by atoms with Gasteiger partial charge in [-0.2, -0.15) is 0 Å². The highest BCUT2D eigenvalue weighted by atomic mass is 79.9. The number of benzene rings is 1. The first-order valence-corrected chi connectivity index (χ1v) is 5.56. The summed E-state index contributed by atoms with van der Waals surface area (Å²) in [5.74, 6) is -0.133. The molecule has 1 aromatic heterocycles. The Kier molecular flexibility index (Phi) is 3.12. The van der Waals surface area contributed by atoms with E-state index in [1.807, 2.05) is 6.92 Å². The third kappa shape index (κ3) is 2.03. The van der Waals surface area contributed by atoms with Gasteiger partial charge in [-0.15, -0.1) is 0 Å². The fraction of sp³-hybridized carbons (Fsp3) is 0.167. The summed E-state index contributed by atoms with van der Waals surface area (Å²) < 4.78 is 19.3. The Morgan fingerprint density at radius 2 is 2.12 bits per heavy atom. The molecule has 16 heavy (non-hydrogen) atoms. The minimum atomic E-state index is -1.09. The molecule has 0 aliphatic heterocycles. The highest BCUT2D eigenvalue weighted by molar-refractivity contribution is 9.10. The van der Waals surface area contributed by atoms with Crippen molar-refractivity contribution in [1.29, 1.82) is 0 Å². The van der Waals surface area contributed by atoms with Crippen molar-refractivity contribution < 1.29 is 13.9 Å². The summed E-state index contributed by atoms with van der Waals surface area (Å²) in [6.07, 6.45) is 0.348. The standard InChI is InChI=1S/C12H10BrFO2/c1-7-2-3-10(14)8(6-7)11(15)12-9(13)4-5-16-12/h2-6,11,15H,1H3. The van der Waals surface area contributed by atoms with Gasteiger partial charge in [-0.25, -0.2) is 4.39 Å². The molecule has 2 nitrogen and oxygen atoms in total. The van der Waals surface area contributed by atoms with Crippen LogP contribution in [0.15, 0.2) is 39.4 Å². The maximum Gasteiger partial charge on any atom is 0.151 e. The summed E-state index contributed by atoms with van der Waals surface area (Å²) in [6, 6.07) is 6.26. The van der Waals surface area contributed by atoms with Crippen molar-refractivity contribution in [2.75, 3.05) is 0 Å². The number of hydrogen-bond donors (Lipinski definition) is 1. The van der Waals surface area contributed by atoms with E-state index in [-0.39, 0.29) is 5.56 Å². The van der Waals surface area contributed by atoms with Gasteiger partial charge in [-0.1, -0.05) is 17.7 Å². The third-order valence-corrected chi connectivity index (χ3v) is 2.99. The highest BCUT2D eigenvalue weighted by Crippen LogP contribution is 2.31. The van der Waals surface area contributed by atoms with Crippen molar-refractivity contribution in [2.45, 2.75) is 13.0 Å².